The minimum absolute atomic E-state index is 0.518. The van der Waals surface area contributed by atoms with Crippen LogP contribution in [-0.2, 0) is 6.42 Å². The lowest BCUT2D eigenvalue weighted by Crippen LogP contribution is -2.25. The van der Waals surface area contributed by atoms with Crippen molar-refractivity contribution in [2.75, 3.05) is 6.54 Å². The van der Waals surface area contributed by atoms with Gasteiger partial charge in [0.25, 0.3) is 0 Å². The summed E-state index contributed by atoms with van der Waals surface area (Å²) in [5.74, 6) is 1.85. The maximum absolute atomic E-state index is 4.29. The van der Waals surface area contributed by atoms with Crippen molar-refractivity contribution >= 4 is 17.0 Å². The Morgan fingerprint density at radius 3 is 3.00 bits per heavy atom. The van der Waals surface area contributed by atoms with E-state index in [-0.39, 0.29) is 0 Å². The molecule has 0 amide bonds. The third-order valence-corrected chi connectivity index (χ3v) is 5.00. The predicted molar refractivity (Wildman–Crippen MR) is 84.5 cm³/mol. The topological polar surface area (TPSA) is 42.2 Å². The van der Waals surface area contributed by atoms with Crippen LogP contribution in [0.3, 0.4) is 0 Å². The molecule has 4 nitrogen and oxygen atoms in total. The van der Waals surface area contributed by atoms with Crippen LogP contribution in [0.25, 0.3) is 5.65 Å². The van der Waals surface area contributed by atoms with E-state index in [1.807, 2.05) is 35.7 Å². The van der Waals surface area contributed by atoms with Crippen LogP contribution in [0.1, 0.15) is 29.6 Å². The fraction of sp³-hybridized carbons (Fsp3) is 0.375. The highest BCUT2D eigenvalue weighted by molar-refractivity contribution is 7.10. The molecule has 21 heavy (non-hydrogen) atoms. The van der Waals surface area contributed by atoms with Gasteiger partial charge in [-0.15, -0.1) is 21.5 Å². The SMILES string of the molecule is c1csc(C(NCCc2nnc3ccccn23)C2CC2)c1. The molecule has 0 aromatic carbocycles. The van der Waals surface area contributed by atoms with Gasteiger partial charge in [0.05, 0.1) is 0 Å². The number of fused-ring (bicyclic) bond motifs is 1. The molecule has 0 bridgehead atoms. The molecular formula is C16H18N4S. The van der Waals surface area contributed by atoms with Gasteiger partial charge < -0.3 is 5.32 Å². The quantitative estimate of drug-likeness (QED) is 0.760. The van der Waals surface area contributed by atoms with E-state index in [4.69, 9.17) is 0 Å². The van der Waals surface area contributed by atoms with Crippen LogP contribution in [-0.4, -0.2) is 21.1 Å². The summed E-state index contributed by atoms with van der Waals surface area (Å²) in [6, 6.07) is 10.9. The van der Waals surface area contributed by atoms with E-state index < -0.39 is 0 Å². The number of rotatable bonds is 6. The lowest BCUT2D eigenvalue weighted by Gasteiger charge is -2.16. The maximum atomic E-state index is 4.29. The predicted octanol–water partition coefficient (Wildman–Crippen LogP) is 3.07. The molecule has 0 aliphatic heterocycles. The number of aromatic nitrogens is 3. The number of hydrogen-bond donors (Lipinski definition) is 1. The Labute approximate surface area is 127 Å². The van der Waals surface area contributed by atoms with Crippen molar-refractivity contribution in [1.82, 2.24) is 19.9 Å². The van der Waals surface area contributed by atoms with E-state index in [2.05, 4.69) is 37.4 Å². The lowest BCUT2D eigenvalue weighted by molar-refractivity contribution is 0.488. The molecule has 1 saturated carbocycles. The van der Waals surface area contributed by atoms with Crippen molar-refractivity contribution in [3.8, 4) is 0 Å². The minimum Gasteiger partial charge on any atom is -0.309 e. The van der Waals surface area contributed by atoms with Gasteiger partial charge in [-0.2, -0.15) is 0 Å². The Morgan fingerprint density at radius 1 is 1.24 bits per heavy atom. The molecule has 1 unspecified atom stereocenters. The molecule has 108 valence electrons. The standard InChI is InChI=1S/C16H18N4S/c1-2-10-20-14(5-1)18-19-15(20)8-9-17-16(12-6-7-12)13-4-3-11-21-13/h1-5,10-12,16-17H,6-9H2. The summed E-state index contributed by atoms with van der Waals surface area (Å²) in [5.41, 5.74) is 0.921. The summed E-state index contributed by atoms with van der Waals surface area (Å²) in [6.07, 6.45) is 5.63. The van der Waals surface area contributed by atoms with Gasteiger partial charge in [0.2, 0.25) is 0 Å². The van der Waals surface area contributed by atoms with Gasteiger partial charge in [-0.3, -0.25) is 4.40 Å². The van der Waals surface area contributed by atoms with E-state index in [1.54, 1.807) is 0 Å². The van der Waals surface area contributed by atoms with Crippen molar-refractivity contribution < 1.29 is 0 Å². The Kier molecular flexibility index (Phi) is 3.45. The third-order valence-electron chi connectivity index (χ3n) is 4.04. The van der Waals surface area contributed by atoms with Crippen molar-refractivity contribution in [3.63, 3.8) is 0 Å². The number of thiophene rings is 1. The number of hydrogen-bond acceptors (Lipinski definition) is 4. The zero-order chi connectivity index (χ0) is 14.1. The molecule has 3 heterocycles. The molecule has 1 fully saturated rings. The molecule has 1 aliphatic carbocycles. The Hall–Kier alpha value is -1.72. The van der Waals surface area contributed by atoms with E-state index in [9.17, 15) is 0 Å². The molecule has 0 radical (unpaired) electrons. The Bertz CT molecular complexity index is 715. The first-order valence-electron chi connectivity index (χ1n) is 7.47. The largest absolute Gasteiger partial charge is 0.309 e. The van der Waals surface area contributed by atoms with Gasteiger partial charge in [0.15, 0.2) is 5.65 Å². The highest BCUT2D eigenvalue weighted by Gasteiger charge is 2.32. The van der Waals surface area contributed by atoms with Gasteiger partial charge in [0.1, 0.15) is 5.82 Å². The normalized spacial score (nSPS) is 16.4. The van der Waals surface area contributed by atoms with Crippen molar-refractivity contribution in [3.05, 3.63) is 52.6 Å². The van der Waals surface area contributed by atoms with Crippen LogP contribution in [0.5, 0.6) is 0 Å². The van der Waals surface area contributed by atoms with Gasteiger partial charge in [-0.05, 0) is 42.3 Å². The first kappa shape index (κ1) is 13.0. The highest BCUT2D eigenvalue weighted by Crippen LogP contribution is 2.42. The molecule has 4 rings (SSSR count). The molecule has 1 aliphatic rings. The molecule has 0 saturated heterocycles. The molecule has 3 aromatic heterocycles. The van der Waals surface area contributed by atoms with Crippen molar-refractivity contribution in [2.24, 2.45) is 5.92 Å². The molecule has 0 spiro atoms. The summed E-state index contributed by atoms with van der Waals surface area (Å²) in [7, 11) is 0. The highest BCUT2D eigenvalue weighted by atomic mass is 32.1. The summed E-state index contributed by atoms with van der Waals surface area (Å²) >= 11 is 1.85. The molecule has 1 atom stereocenters. The molecule has 3 aromatic rings. The first-order valence-corrected chi connectivity index (χ1v) is 8.35. The second kappa shape index (κ2) is 5.58. The van der Waals surface area contributed by atoms with Crippen LogP contribution in [0, 0.1) is 5.92 Å². The van der Waals surface area contributed by atoms with Crippen molar-refractivity contribution in [1.29, 1.82) is 0 Å². The smallest absolute Gasteiger partial charge is 0.160 e. The van der Waals surface area contributed by atoms with E-state index in [0.717, 1.165) is 30.4 Å². The number of nitrogens with one attached hydrogen (secondary N) is 1. The van der Waals surface area contributed by atoms with E-state index >= 15 is 0 Å². The third kappa shape index (κ3) is 2.71. The van der Waals surface area contributed by atoms with Crippen LogP contribution in [0.4, 0.5) is 0 Å². The summed E-state index contributed by atoms with van der Waals surface area (Å²) in [4.78, 5) is 1.46. The van der Waals surface area contributed by atoms with Crippen LogP contribution < -0.4 is 5.32 Å². The van der Waals surface area contributed by atoms with Gasteiger partial charge in [-0.1, -0.05) is 12.1 Å². The summed E-state index contributed by atoms with van der Waals surface area (Å²) < 4.78 is 2.07. The van der Waals surface area contributed by atoms with Crippen LogP contribution in [0.2, 0.25) is 0 Å². The molecular weight excluding hydrogens is 280 g/mol. The first-order chi connectivity index (χ1) is 10.4. The Morgan fingerprint density at radius 2 is 2.19 bits per heavy atom. The Balaban J connectivity index is 1.42. The number of pyridine rings is 1. The zero-order valence-electron chi connectivity index (χ0n) is 11.8. The zero-order valence-corrected chi connectivity index (χ0v) is 12.6. The minimum atomic E-state index is 0.518. The van der Waals surface area contributed by atoms with Crippen LogP contribution in [0.15, 0.2) is 41.9 Å². The second-order valence-electron chi connectivity index (χ2n) is 5.58. The summed E-state index contributed by atoms with van der Waals surface area (Å²) in [5, 5.41) is 14.4. The second-order valence-corrected chi connectivity index (χ2v) is 6.56. The van der Waals surface area contributed by atoms with Gasteiger partial charge >= 0.3 is 0 Å². The maximum Gasteiger partial charge on any atom is 0.160 e. The average molecular weight is 298 g/mol. The lowest BCUT2D eigenvalue weighted by atomic mass is 10.1. The summed E-state index contributed by atoms with van der Waals surface area (Å²) in [6.45, 7) is 0.939. The monoisotopic (exact) mass is 298 g/mol. The fourth-order valence-electron chi connectivity index (χ4n) is 2.80. The van der Waals surface area contributed by atoms with Gasteiger partial charge in [0, 0.05) is 30.1 Å². The van der Waals surface area contributed by atoms with Crippen LogP contribution >= 0.6 is 11.3 Å². The molecule has 1 N–H and O–H groups in total. The van der Waals surface area contributed by atoms with E-state index in [0.29, 0.717) is 6.04 Å². The molecule has 5 heteroatoms. The fourth-order valence-corrected chi connectivity index (χ4v) is 3.69. The number of nitrogens with zero attached hydrogens (tertiary/aromatic N) is 3. The van der Waals surface area contributed by atoms with Gasteiger partial charge in [-0.25, -0.2) is 0 Å². The van der Waals surface area contributed by atoms with Crippen molar-refractivity contribution in [2.45, 2.75) is 25.3 Å². The van der Waals surface area contributed by atoms with E-state index in [1.165, 1.54) is 17.7 Å². The average Bonchev–Trinajstić information content (AvgIpc) is 3.05.